The fourth-order valence-corrected chi connectivity index (χ4v) is 2.44. The molecule has 2 rings (SSSR count). The first kappa shape index (κ1) is 13.7. The van der Waals surface area contributed by atoms with Crippen LogP contribution in [0.2, 0.25) is 0 Å². The SMILES string of the molecule is CCC1CCN(C(=O)/C=C/c2ccc(N)cc2)CC1. The average molecular weight is 258 g/mol. The Balaban J connectivity index is 1.89. The van der Waals surface area contributed by atoms with Crippen molar-refractivity contribution in [3.63, 3.8) is 0 Å². The van der Waals surface area contributed by atoms with Gasteiger partial charge in [-0.15, -0.1) is 0 Å². The molecular weight excluding hydrogens is 236 g/mol. The first-order valence-electron chi connectivity index (χ1n) is 7.01. The lowest BCUT2D eigenvalue weighted by molar-refractivity contribution is -0.127. The Morgan fingerprint density at radius 3 is 2.53 bits per heavy atom. The van der Waals surface area contributed by atoms with Gasteiger partial charge >= 0.3 is 0 Å². The van der Waals surface area contributed by atoms with Crippen LogP contribution in [-0.2, 0) is 4.79 Å². The molecule has 1 aromatic rings. The number of amides is 1. The van der Waals surface area contributed by atoms with Gasteiger partial charge < -0.3 is 10.6 Å². The van der Waals surface area contributed by atoms with E-state index in [9.17, 15) is 4.79 Å². The van der Waals surface area contributed by atoms with Gasteiger partial charge in [-0.3, -0.25) is 4.79 Å². The first-order valence-corrected chi connectivity index (χ1v) is 7.01. The molecule has 0 aliphatic carbocycles. The maximum Gasteiger partial charge on any atom is 0.246 e. The Kier molecular flexibility index (Phi) is 4.61. The number of hydrogen-bond acceptors (Lipinski definition) is 2. The molecule has 0 bridgehead atoms. The molecule has 1 amide bonds. The number of rotatable bonds is 3. The van der Waals surface area contributed by atoms with Gasteiger partial charge in [0.1, 0.15) is 0 Å². The molecule has 0 atom stereocenters. The van der Waals surface area contributed by atoms with Gasteiger partial charge in [0, 0.05) is 24.9 Å². The molecule has 0 radical (unpaired) electrons. The summed E-state index contributed by atoms with van der Waals surface area (Å²) in [6.45, 7) is 4.01. The average Bonchev–Trinajstić information content (AvgIpc) is 2.46. The molecule has 0 aromatic heterocycles. The van der Waals surface area contributed by atoms with Crippen LogP contribution in [0.1, 0.15) is 31.7 Å². The standard InChI is InChI=1S/C16H22N2O/c1-2-13-9-11-18(12-10-13)16(19)8-5-14-3-6-15(17)7-4-14/h3-8,13H,2,9-12,17H2,1H3/b8-5+. The topological polar surface area (TPSA) is 46.3 Å². The van der Waals surface area contributed by atoms with Crippen LogP contribution < -0.4 is 5.73 Å². The Labute approximate surface area is 115 Å². The summed E-state index contributed by atoms with van der Waals surface area (Å²) in [5.41, 5.74) is 7.37. The third kappa shape index (κ3) is 3.85. The van der Waals surface area contributed by atoms with E-state index in [1.54, 1.807) is 6.08 Å². The molecule has 1 heterocycles. The van der Waals surface area contributed by atoms with Gasteiger partial charge in [0.2, 0.25) is 5.91 Å². The molecule has 0 saturated carbocycles. The number of anilines is 1. The van der Waals surface area contributed by atoms with Crippen molar-refractivity contribution in [3.05, 3.63) is 35.9 Å². The van der Waals surface area contributed by atoms with Crippen LogP contribution in [0.25, 0.3) is 6.08 Å². The van der Waals surface area contributed by atoms with Crippen molar-refractivity contribution in [3.8, 4) is 0 Å². The highest BCUT2D eigenvalue weighted by molar-refractivity contribution is 5.91. The van der Waals surface area contributed by atoms with Crippen molar-refractivity contribution < 1.29 is 4.79 Å². The van der Waals surface area contributed by atoms with E-state index in [0.717, 1.165) is 43.1 Å². The van der Waals surface area contributed by atoms with Crippen LogP contribution in [0, 0.1) is 5.92 Å². The predicted octanol–water partition coefficient (Wildman–Crippen LogP) is 2.93. The second-order valence-electron chi connectivity index (χ2n) is 5.18. The van der Waals surface area contributed by atoms with Crippen LogP contribution in [0.5, 0.6) is 0 Å². The molecule has 2 N–H and O–H groups in total. The molecule has 0 unspecified atom stereocenters. The molecule has 3 nitrogen and oxygen atoms in total. The predicted molar refractivity (Wildman–Crippen MR) is 79.5 cm³/mol. The van der Waals surface area contributed by atoms with Gasteiger partial charge in [-0.05, 0) is 42.5 Å². The second kappa shape index (κ2) is 6.41. The van der Waals surface area contributed by atoms with E-state index in [2.05, 4.69) is 6.92 Å². The summed E-state index contributed by atoms with van der Waals surface area (Å²) in [4.78, 5) is 14.0. The maximum absolute atomic E-state index is 12.0. The Morgan fingerprint density at radius 2 is 1.95 bits per heavy atom. The second-order valence-corrected chi connectivity index (χ2v) is 5.18. The van der Waals surface area contributed by atoms with Gasteiger partial charge in [-0.25, -0.2) is 0 Å². The summed E-state index contributed by atoms with van der Waals surface area (Å²) in [6, 6.07) is 7.53. The van der Waals surface area contributed by atoms with Crippen LogP contribution in [0.3, 0.4) is 0 Å². The molecule has 1 fully saturated rings. The quantitative estimate of drug-likeness (QED) is 0.669. The van der Waals surface area contributed by atoms with Crippen molar-refractivity contribution in [1.29, 1.82) is 0 Å². The van der Waals surface area contributed by atoms with Crippen molar-refractivity contribution in [1.82, 2.24) is 4.90 Å². The lowest BCUT2D eigenvalue weighted by Gasteiger charge is -2.30. The Morgan fingerprint density at radius 1 is 1.32 bits per heavy atom. The summed E-state index contributed by atoms with van der Waals surface area (Å²) >= 11 is 0. The fourth-order valence-electron chi connectivity index (χ4n) is 2.44. The number of likely N-dealkylation sites (tertiary alicyclic amines) is 1. The van der Waals surface area contributed by atoms with E-state index in [1.165, 1.54) is 6.42 Å². The van der Waals surface area contributed by atoms with E-state index < -0.39 is 0 Å². The van der Waals surface area contributed by atoms with Crippen LogP contribution in [0.15, 0.2) is 30.3 Å². The monoisotopic (exact) mass is 258 g/mol. The lowest BCUT2D eigenvalue weighted by Crippen LogP contribution is -2.37. The largest absolute Gasteiger partial charge is 0.399 e. The van der Waals surface area contributed by atoms with E-state index in [1.807, 2.05) is 35.2 Å². The molecular formula is C16H22N2O. The number of piperidine rings is 1. The van der Waals surface area contributed by atoms with Crippen molar-refractivity contribution in [2.24, 2.45) is 5.92 Å². The zero-order valence-electron chi connectivity index (χ0n) is 11.5. The van der Waals surface area contributed by atoms with E-state index in [0.29, 0.717) is 0 Å². The highest BCUT2D eigenvalue weighted by Gasteiger charge is 2.19. The number of nitrogen functional groups attached to an aromatic ring is 1. The maximum atomic E-state index is 12.0. The molecule has 0 spiro atoms. The van der Waals surface area contributed by atoms with E-state index in [4.69, 9.17) is 5.73 Å². The molecule has 1 aliphatic rings. The molecule has 1 aromatic carbocycles. The number of hydrogen-bond donors (Lipinski definition) is 1. The Bertz CT molecular complexity index is 442. The van der Waals surface area contributed by atoms with Crippen LogP contribution in [0.4, 0.5) is 5.69 Å². The van der Waals surface area contributed by atoms with E-state index >= 15 is 0 Å². The number of benzene rings is 1. The lowest BCUT2D eigenvalue weighted by atomic mass is 9.94. The van der Waals surface area contributed by atoms with Gasteiger partial charge in [0.15, 0.2) is 0 Å². The smallest absolute Gasteiger partial charge is 0.246 e. The first-order chi connectivity index (χ1) is 9.19. The number of carbonyl (C=O) groups is 1. The van der Waals surface area contributed by atoms with Crippen molar-refractivity contribution in [2.75, 3.05) is 18.8 Å². The Hall–Kier alpha value is -1.77. The highest BCUT2D eigenvalue weighted by atomic mass is 16.2. The van der Waals surface area contributed by atoms with Gasteiger partial charge in [-0.2, -0.15) is 0 Å². The van der Waals surface area contributed by atoms with Crippen LogP contribution >= 0.6 is 0 Å². The summed E-state index contributed by atoms with van der Waals surface area (Å²) in [6.07, 6.45) is 7.02. The third-order valence-electron chi connectivity index (χ3n) is 3.86. The van der Waals surface area contributed by atoms with Crippen molar-refractivity contribution >= 4 is 17.7 Å². The molecule has 3 heteroatoms. The van der Waals surface area contributed by atoms with Gasteiger partial charge in [0.25, 0.3) is 0 Å². The number of nitrogens with zero attached hydrogens (tertiary/aromatic N) is 1. The molecule has 19 heavy (non-hydrogen) atoms. The zero-order chi connectivity index (χ0) is 13.7. The number of carbonyl (C=O) groups excluding carboxylic acids is 1. The zero-order valence-corrected chi connectivity index (χ0v) is 11.5. The van der Waals surface area contributed by atoms with Crippen LogP contribution in [-0.4, -0.2) is 23.9 Å². The van der Waals surface area contributed by atoms with Crippen molar-refractivity contribution in [2.45, 2.75) is 26.2 Å². The minimum atomic E-state index is 0.117. The minimum Gasteiger partial charge on any atom is -0.399 e. The minimum absolute atomic E-state index is 0.117. The summed E-state index contributed by atoms with van der Waals surface area (Å²) < 4.78 is 0. The van der Waals surface area contributed by atoms with E-state index in [-0.39, 0.29) is 5.91 Å². The van der Waals surface area contributed by atoms with Gasteiger partial charge in [0.05, 0.1) is 0 Å². The number of nitrogens with two attached hydrogens (primary N) is 1. The fraction of sp³-hybridized carbons (Fsp3) is 0.438. The van der Waals surface area contributed by atoms with Gasteiger partial charge in [-0.1, -0.05) is 25.5 Å². The molecule has 1 saturated heterocycles. The summed E-state index contributed by atoms with van der Waals surface area (Å²) in [5, 5.41) is 0. The summed E-state index contributed by atoms with van der Waals surface area (Å²) in [5.74, 6) is 0.913. The molecule has 102 valence electrons. The summed E-state index contributed by atoms with van der Waals surface area (Å²) in [7, 11) is 0. The third-order valence-corrected chi connectivity index (χ3v) is 3.86. The normalized spacial score (nSPS) is 17.0. The molecule has 1 aliphatic heterocycles. The highest BCUT2D eigenvalue weighted by Crippen LogP contribution is 2.20.